The van der Waals surface area contributed by atoms with Crippen LogP contribution >= 0.6 is 0 Å². The minimum atomic E-state index is -0.515. The summed E-state index contributed by atoms with van der Waals surface area (Å²) in [5, 5.41) is 0. The van der Waals surface area contributed by atoms with Gasteiger partial charge in [0.1, 0.15) is 5.76 Å². The molecule has 0 fully saturated rings. The molecule has 0 saturated carbocycles. The first-order valence-electron chi connectivity index (χ1n) is 10.0. The number of aromatic nitrogens is 1. The van der Waals surface area contributed by atoms with E-state index in [0.717, 1.165) is 5.56 Å². The number of nitrogens with zero attached hydrogens (tertiary/aromatic N) is 1. The number of carbonyl (C=O) groups excluding carboxylic acids is 2. The number of rotatable bonds is 8. The van der Waals surface area contributed by atoms with E-state index in [-0.39, 0.29) is 6.42 Å². The van der Waals surface area contributed by atoms with E-state index in [2.05, 4.69) is 15.8 Å². The summed E-state index contributed by atoms with van der Waals surface area (Å²) in [5.74, 6) is 1.41. The molecule has 33 heavy (non-hydrogen) atoms. The second-order valence-corrected chi connectivity index (χ2v) is 6.89. The molecule has 2 N–H and O–H groups in total. The SMILES string of the molecule is COc1cc(/C=C/C(=O)NNC(=O)Cc2nc(-c3ccccc3)oc2C)cc(OC)c1OC. The molecule has 1 heterocycles. The maximum absolute atomic E-state index is 12.2. The molecule has 0 saturated heterocycles. The first kappa shape index (κ1) is 23.4. The molecule has 0 spiro atoms. The van der Waals surface area contributed by atoms with Crippen LogP contribution in [0.4, 0.5) is 0 Å². The molecule has 1 aromatic heterocycles. The summed E-state index contributed by atoms with van der Waals surface area (Å²) in [5.41, 5.74) is 6.67. The maximum atomic E-state index is 12.2. The lowest BCUT2D eigenvalue weighted by Gasteiger charge is -2.12. The molecule has 3 aromatic rings. The Morgan fingerprint density at radius 1 is 1.00 bits per heavy atom. The standard InChI is InChI=1S/C24H25N3O6/c1-15-18(25-24(33-15)17-8-6-5-7-9-17)14-22(29)27-26-21(28)11-10-16-12-19(30-2)23(32-4)20(13-16)31-3/h5-13H,14H2,1-4H3,(H,26,28)(H,27,29)/b11-10+. The number of nitrogens with one attached hydrogen (secondary N) is 2. The lowest BCUT2D eigenvalue weighted by Crippen LogP contribution is -2.41. The van der Waals surface area contributed by atoms with E-state index in [4.69, 9.17) is 18.6 Å². The van der Waals surface area contributed by atoms with Crippen molar-refractivity contribution in [2.45, 2.75) is 13.3 Å². The van der Waals surface area contributed by atoms with Crippen LogP contribution in [0.15, 0.2) is 53.0 Å². The predicted octanol–water partition coefficient (Wildman–Crippen LogP) is 3.08. The third-order valence-electron chi connectivity index (χ3n) is 4.68. The summed E-state index contributed by atoms with van der Waals surface area (Å²) in [6.45, 7) is 1.74. The van der Waals surface area contributed by atoms with Gasteiger partial charge in [0.2, 0.25) is 17.5 Å². The highest BCUT2D eigenvalue weighted by Crippen LogP contribution is 2.38. The van der Waals surface area contributed by atoms with Crippen LogP contribution in [0.3, 0.4) is 0 Å². The van der Waals surface area contributed by atoms with Crippen molar-refractivity contribution in [1.82, 2.24) is 15.8 Å². The fourth-order valence-electron chi connectivity index (χ4n) is 3.04. The highest BCUT2D eigenvalue weighted by atomic mass is 16.5. The zero-order valence-electron chi connectivity index (χ0n) is 18.8. The molecule has 0 aliphatic heterocycles. The van der Waals surface area contributed by atoms with Gasteiger partial charge in [-0.15, -0.1) is 0 Å². The van der Waals surface area contributed by atoms with Crippen LogP contribution in [0, 0.1) is 6.92 Å². The van der Waals surface area contributed by atoms with Gasteiger partial charge in [-0.3, -0.25) is 20.4 Å². The second-order valence-electron chi connectivity index (χ2n) is 6.89. The van der Waals surface area contributed by atoms with E-state index in [1.54, 1.807) is 25.1 Å². The van der Waals surface area contributed by atoms with E-state index in [0.29, 0.717) is 40.2 Å². The van der Waals surface area contributed by atoms with Gasteiger partial charge < -0.3 is 18.6 Å². The summed E-state index contributed by atoms with van der Waals surface area (Å²) in [7, 11) is 4.52. The number of methoxy groups -OCH3 is 3. The number of hydrogen-bond donors (Lipinski definition) is 2. The number of hydrogen-bond acceptors (Lipinski definition) is 7. The molecule has 2 amide bonds. The van der Waals surface area contributed by atoms with Crippen LogP contribution in [0.25, 0.3) is 17.5 Å². The average Bonchev–Trinajstić information content (AvgIpc) is 3.21. The fourth-order valence-corrected chi connectivity index (χ4v) is 3.04. The highest BCUT2D eigenvalue weighted by Gasteiger charge is 2.15. The minimum absolute atomic E-state index is 0.0426. The normalized spacial score (nSPS) is 10.7. The summed E-state index contributed by atoms with van der Waals surface area (Å²) in [4.78, 5) is 28.8. The molecule has 0 aliphatic rings. The zero-order chi connectivity index (χ0) is 23.8. The number of aryl methyl sites for hydroxylation is 1. The summed E-state index contributed by atoms with van der Waals surface area (Å²) < 4.78 is 21.5. The van der Waals surface area contributed by atoms with Gasteiger partial charge in [-0.1, -0.05) is 18.2 Å². The monoisotopic (exact) mass is 451 g/mol. The van der Waals surface area contributed by atoms with Crippen molar-refractivity contribution in [1.29, 1.82) is 0 Å². The van der Waals surface area contributed by atoms with E-state index >= 15 is 0 Å². The van der Waals surface area contributed by atoms with Gasteiger partial charge in [-0.05, 0) is 42.8 Å². The molecule has 2 aromatic carbocycles. The smallest absolute Gasteiger partial charge is 0.262 e. The van der Waals surface area contributed by atoms with Crippen LogP contribution < -0.4 is 25.1 Å². The first-order chi connectivity index (χ1) is 15.9. The molecule has 0 radical (unpaired) electrons. The van der Waals surface area contributed by atoms with Gasteiger partial charge in [0.15, 0.2) is 11.5 Å². The molecular formula is C24H25N3O6. The van der Waals surface area contributed by atoms with Crippen LogP contribution in [0.2, 0.25) is 0 Å². The summed E-state index contributed by atoms with van der Waals surface area (Å²) in [6, 6.07) is 12.8. The Morgan fingerprint density at radius 2 is 1.67 bits per heavy atom. The average molecular weight is 451 g/mol. The first-order valence-corrected chi connectivity index (χ1v) is 10.0. The van der Waals surface area contributed by atoms with E-state index in [1.165, 1.54) is 27.4 Å². The topological polar surface area (TPSA) is 112 Å². The number of hydrazine groups is 1. The fraction of sp³-hybridized carbons (Fsp3) is 0.208. The number of benzene rings is 2. The molecule has 9 heteroatoms. The Bertz CT molecular complexity index is 1130. The quantitative estimate of drug-likeness (QED) is 0.400. The van der Waals surface area contributed by atoms with Gasteiger partial charge in [0, 0.05) is 11.6 Å². The van der Waals surface area contributed by atoms with Crippen molar-refractivity contribution >= 4 is 17.9 Å². The van der Waals surface area contributed by atoms with Gasteiger partial charge in [0.25, 0.3) is 5.91 Å². The molecule has 9 nitrogen and oxygen atoms in total. The molecule has 3 rings (SSSR count). The van der Waals surface area contributed by atoms with Crippen LogP contribution in [-0.2, 0) is 16.0 Å². The largest absolute Gasteiger partial charge is 0.493 e. The summed E-state index contributed by atoms with van der Waals surface area (Å²) in [6.07, 6.45) is 2.79. The van der Waals surface area contributed by atoms with Gasteiger partial charge in [-0.25, -0.2) is 4.98 Å². The molecule has 0 bridgehead atoms. The van der Waals surface area contributed by atoms with Gasteiger partial charge in [0.05, 0.1) is 33.4 Å². The van der Waals surface area contributed by atoms with Crippen molar-refractivity contribution in [2.75, 3.05) is 21.3 Å². The Morgan fingerprint density at radius 3 is 2.27 bits per heavy atom. The van der Waals surface area contributed by atoms with Crippen LogP contribution in [0.5, 0.6) is 17.2 Å². The Hall–Kier alpha value is -4.27. The number of oxazole rings is 1. The van der Waals surface area contributed by atoms with Gasteiger partial charge in [-0.2, -0.15) is 0 Å². The van der Waals surface area contributed by atoms with Crippen molar-refractivity contribution in [3.63, 3.8) is 0 Å². The van der Waals surface area contributed by atoms with Crippen molar-refractivity contribution in [2.24, 2.45) is 0 Å². The lowest BCUT2D eigenvalue weighted by atomic mass is 10.1. The maximum Gasteiger partial charge on any atom is 0.262 e. The minimum Gasteiger partial charge on any atom is -0.493 e. The molecular weight excluding hydrogens is 426 g/mol. The lowest BCUT2D eigenvalue weighted by molar-refractivity contribution is -0.126. The number of carbonyl (C=O) groups is 2. The Kier molecular flexibility index (Phi) is 7.69. The summed E-state index contributed by atoms with van der Waals surface area (Å²) >= 11 is 0. The zero-order valence-corrected chi connectivity index (χ0v) is 18.8. The van der Waals surface area contributed by atoms with Crippen molar-refractivity contribution < 1.29 is 28.2 Å². The number of amides is 2. The molecule has 0 atom stereocenters. The Labute approximate surface area is 191 Å². The Balaban J connectivity index is 1.58. The second kappa shape index (κ2) is 10.9. The van der Waals surface area contributed by atoms with E-state index in [1.807, 2.05) is 30.3 Å². The molecule has 0 aliphatic carbocycles. The third kappa shape index (κ3) is 5.91. The van der Waals surface area contributed by atoms with E-state index < -0.39 is 11.8 Å². The van der Waals surface area contributed by atoms with Crippen molar-refractivity contribution in [3.8, 4) is 28.7 Å². The number of ether oxygens (including phenoxy) is 3. The van der Waals surface area contributed by atoms with Crippen LogP contribution in [0.1, 0.15) is 17.0 Å². The van der Waals surface area contributed by atoms with Crippen molar-refractivity contribution in [3.05, 3.63) is 65.6 Å². The molecule has 0 unspecified atom stereocenters. The van der Waals surface area contributed by atoms with Crippen LogP contribution in [-0.4, -0.2) is 38.1 Å². The van der Waals surface area contributed by atoms with Gasteiger partial charge >= 0.3 is 0 Å². The predicted molar refractivity (Wildman–Crippen MR) is 122 cm³/mol. The highest BCUT2D eigenvalue weighted by molar-refractivity contribution is 5.93. The molecule has 172 valence electrons. The third-order valence-corrected chi connectivity index (χ3v) is 4.68. The van der Waals surface area contributed by atoms with E-state index in [9.17, 15) is 9.59 Å².